The van der Waals surface area contributed by atoms with E-state index >= 15 is 0 Å². The lowest BCUT2D eigenvalue weighted by molar-refractivity contribution is 0.565. The Morgan fingerprint density at radius 3 is 2.05 bits per heavy atom. The van der Waals surface area contributed by atoms with E-state index in [1.54, 1.807) is 0 Å². The predicted molar refractivity (Wildman–Crippen MR) is 278 cm³/mol. The molecule has 316 valence electrons. The van der Waals surface area contributed by atoms with Gasteiger partial charge in [0.25, 0.3) is 0 Å². The van der Waals surface area contributed by atoms with Crippen LogP contribution < -0.4 is 4.90 Å². The van der Waals surface area contributed by atoms with Crippen LogP contribution in [0.3, 0.4) is 0 Å². The van der Waals surface area contributed by atoms with Crippen LogP contribution in [-0.2, 0) is 12.8 Å². The molecule has 0 radical (unpaired) electrons. The van der Waals surface area contributed by atoms with Gasteiger partial charge in [0, 0.05) is 83.1 Å². The van der Waals surface area contributed by atoms with Crippen molar-refractivity contribution in [2.75, 3.05) is 4.90 Å². The monoisotopic (exact) mass is 866 g/mol. The lowest BCUT2D eigenvalue weighted by Crippen LogP contribution is -2.30. The van der Waals surface area contributed by atoms with Gasteiger partial charge >= 0.3 is 0 Å². The van der Waals surface area contributed by atoms with E-state index in [2.05, 4.69) is 225 Å². The standard InChI is InChI=1S/C61H46N4S/c1-3-16-40(17-4-1)62-56-27-12-8-22-48(56)51-37-43(30-33-59(51)62)65-58-29-14-10-24-50(58)53-39-45(32-35-61(53)65)66-44-31-34-60-52(38-44)49-23-9-13-28-57(49)64(60)42-19-15-18-41(36-42)63-54-25-6-2-5-20-46(54)47-21-7-11-26-55(47)63/h1-10,12,14-19,21-25,27,29-39,49,57H,11,13,20,26,28H2. The van der Waals surface area contributed by atoms with E-state index < -0.39 is 0 Å². The van der Waals surface area contributed by atoms with Crippen LogP contribution in [-0.4, -0.2) is 19.7 Å². The minimum atomic E-state index is 0.354. The average Bonchev–Trinajstić information content (AvgIpc) is 4.03. The number of fused-ring (bicyclic) bond motifs is 12. The topological polar surface area (TPSA) is 18.0 Å². The number of para-hydroxylation sites is 3. The van der Waals surface area contributed by atoms with Crippen molar-refractivity contribution in [3.63, 3.8) is 0 Å². The van der Waals surface area contributed by atoms with Crippen molar-refractivity contribution in [2.45, 2.75) is 53.9 Å². The van der Waals surface area contributed by atoms with Crippen molar-refractivity contribution >= 4 is 78.9 Å². The molecule has 3 aliphatic carbocycles. The fraction of sp³-hybridized carbons (Fsp3) is 0.115. The van der Waals surface area contributed by atoms with Crippen LogP contribution in [0.1, 0.15) is 53.3 Å². The predicted octanol–water partition coefficient (Wildman–Crippen LogP) is 15.9. The number of aromatic nitrogens is 3. The molecule has 0 amide bonds. The maximum absolute atomic E-state index is 2.66. The second kappa shape index (κ2) is 15.0. The van der Waals surface area contributed by atoms with Gasteiger partial charge in [-0.05, 0) is 152 Å². The fourth-order valence-electron chi connectivity index (χ4n) is 11.9. The van der Waals surface area contributed by atoms with Gasteiger partial charge in [-0.25, -0.2) is 0 Å². The summed E-state index contributed by atoms with van der Waals surface area (Å²) in [5.41, 5.74) is 18.1. The highest BCUT2D eigenvalue weighted by molar-refractivity contribution is 7.99. The SMILES string of the molecule is C1=CCc2c3c(n(-c4cccc(N5c6ccc(Sc7ccc8c(c7)c7ccccc7n8-c7ccc8c(c7)c7ccccc7n8-c7ccccc7)cc6C6C=CCCC65)c4)c2C=C1)CCC=C3. The maximum atomic E-state index is 2.66. The summed E-state index contributed by atoms with van der Waals surface area (Å²) in [7, 11) is 0. The van der Waals surface area contributed by atoms with Crippen molar-refractivity contribution in [1.29, 1.82) is 0 Å². The molecule has 2 atom stereocenters. The Hall–Kier alpha value is -7.47. The van der Waals surface area contributed by atoms with Crippen LogP contribution >= 0.6 is 11.8 Å². The highest BCUT2D eigenvalue weighted by atomic mass is 32.2. The summed E-state index contributed by atoms with van der Waals surface area (Å²) in [6.45, 7) is 0. The van der Waals surface area contributed by atoms with Gasteiger partial charge in [0.15, 0.2) is 0 Å². The van der Waals surface area contributed by atoms with Gasteiger partial charge in [0.2, 0.25) is 0 Å². The molecule has 2 unspecified atom stereocenters. The van der Waals surface area contributed by atoms with Crippen molar-refractivity contribution in [3.8, 4) is 17.1 Å². The molecule has 0 saturated carbocycles. The fourth-order valence-corrected chi connectivity index (χ4v) is 12.8. The normalized spacial score (nSPS) is 17.2. The van der Waals surface area contributed by atoms with Crippen LogP contribution in [0, 0.1) is 0 Å². The number of anilines is 2. The maximum Gasteiger partial charge on any atom is 0.0542 e. The quantitative estimate of drug-likeness (QED) is 0.155. The third kappa shape index (κ3) is 5.79. The molecule has 7 aromatic carbocycles. The second-order valence-corrected chi connectivity index (χ2v) is 19.4. The summed E-state index contributed by atoms with van der Waals surface area (Å²) in [6, 6.07) is 59.4. The van der Waals surface area contributed by atoms with Crippen molar-refractivity contribution in [3.05, 3.63) is 222 Å². The Labute approximate surface area is 388 Å². The van der Waals surface area contributed by atoms with Crippen LogP contribution in [0.2, 0.25) is 0 Å². The molecule has 4 heterocycles. The minimum Gasteiger partial charge on any atom is -0.337 e. The summed E-state index contributed by atoms with van der Waals surface area (Å²) in [6.07, 6.45) is 24.0. The second-order valence-electron chi connectivity index (χ2n) is 18.2. The molecule has 0 fully saturated rings. The van der Waals surface area contributed by atoms with E-state index in [1.807, 2.05) is 11.8 Å². The van der Waals surface area contributed by atoms with Gasteiger partial charge < -0.3 is 18.6 Å². The molecule has 0 spiro atoms. The smallest absolute Gasteiger partial charge is 0.0542 e. The molecule has 5 heteroatoms. The third-order valence-electron chi connectivity index (χ3n) is 14.6. The first-order valence-electron chi connectivity index (χ1n) is 23.5. The number of allylic oxidation sites excluding steroid dienone is 5. The van der Waals surface area contributed by atoms with Crippen LogP contribution in [0.15, 0.2) is 204 Å². The van der Waals surface area contributed by atoms with Gasteiger partial charge in [-0.2, -0.15) is 0 Å². The molecule has 3 aromatic heterocycles. The van der Waals surface area contributed by atoms with Crippen LogP contribution in [0.4, 0.5) is 11.4 Å². The molecular weight excluding hydrogens is 821 g/mol. The highest BCUT2D eigenvalue weighted by Crippen LogP contribution is 2.51. The summed E-state index contributed by atoms with van der Waals surface area (Å²) in [5.74, 6) is 0.354. The van der Waals surface area contributed by atoms with E-state index in [1.165, 1.54) is 110 Å². The Bertz CT molecular complexity index is 3740. The zero-order chi connectivity index (χ0) is 43.3. The third-order valence-corrected chi connectivity index (χ3v) is 15.6. The summed E-state index contributed by atoms with van der Waals surface area (Å²) in [4.78, 5) is 5.18. The molecule has 10 aromatic rings. The zero-order valence-corrected chi connectivity index (χ0v) is 37.3. The van der Waals surface area contributed by atoms with Gasteiger partial charge in [0.1, 0.15) is 0 Å². The first-order chi connectivity index (χ1) is 32.7. The zero-order valence-electron chi connectivity index (χ0n) is 36.5. The molecule has 4 nitrogen and oxygen atoms in total. The summed E-state index contributed by atoms with van der Waals surface area (Å²) in [5, 5.41) is 5.05. The summed E-state index contributed by atoms with van der Waals surface area (Å²) >= 11 is 1.88. The lowest BCUT2D eigenvalue weighted by atomic mass is 9.87. The number of hydrogen-bond donors (Lipinski definition) is 0. The highest BCUT2D eigenvalue weighted by Gasteiger charge is 2.39. The van der Waals surface area contributed by atoms with Gasteiger partial charge in [-0.15, -0.1) is 0 Å². The molecule has 0 saturated heterocycles. The van der Waals surface area contributed by atoms with Crippen LogP contribution in [0.25, 0.3) is 72.8 Å². The Kier molecular flexibility index (Phi) is 8.63. The van der Waals surface area contributed by atoms with E-state index in [9.17, 15) is 0 Å². The first-order valence-corrected chi connectivity index (χ1v) is 24.3. The molecule has 0 N–H and O–H groups in total. The van der Waals surface area contributed by atoms with E-state index in [0.717, 1.165) is 32.1 Å². The number of benzene rings is 7. The molecule has 1 aliphatic heterocycles. The Balaban J connectivity index is 0.826. The number of nitrogens with zero attached hydrogens (tertiary/aromatic N) is 4. The largest absolute Gasteiger partial charge is 0.337 e. The number of rotatable bonds is 6. The van der Waals surface area contributed by atoms with E-state index in [4.69, 9.17) is 0 Å². The number of hydrogen-bond acceptors (Lipinski definition) is 2. The van der Waals surface area contributed by atoms with Crippen molar-refractivity contribution in [2.24, 2.45) is 0 Å². The molecule has 0 bridgehead atoms. The molecule has 66 heavy (non-hydrogen) atoms. The molecular formula is C61H46N4S. The first kappa shape index (κ1) is 37.9. The van der Waals surface area contributed by atoms with Crippen LogP contribution in [0.5, 0.6) is 0 Å². The van der Waals surface area contributed by atoms with Crippen molar-refractivity contribution < 1.29 is 0 Å². The summed E-state index contributed by atoms with van der Waals surface area (Å²) < 4.78 is 7.39. The minimum absolute atomic E-state index is 0.354. The molecule has 4 aliphatic rings. The van der Waals surface area contributed by atoms with Gasteiger partial charge in [0.05, 0.1) is 22.1 Å². The average molecular weight is 867 g/mol. The van der Waals surface area contributed by atoms with Crippen molar-refractivity contribution in [1.82, 2.24) is 13.7 Å². The Morgan fingerprint density at radius 1 is 0.485 bits per heavy atom. The molecule has 14 rings (SSSR count). The van der Waals surface area contributed by atoms with Gasteiger partial charge in [-0.1, -0.05) is 115 Å². The Morgan fingerprint density at radius 2 is 1.18 bits per heavy atom. The lowest BCUT2D eigenvalue weighted by Gasteiger charge is -2.32. The van der Waals surface area contributed by atoms with E-state index in [-0.39, 0.29) is 0 Å². The van der Waals surface area contributed by atoms with E-state index in [0.29, 0.717) is 12.0 Å². The van der Waals surface area contributed by atoms with Gasteiger partial charge in [-0.3, -0.25) is 0 Å².